The van der Waals surface area contributed by atoms with Crippen molar-refractivity contribution in [3.63, 3.8) is 0 Å². The Morgan fingerprint density at radius 2 is 2.08 bits per heavy atom. The molecule has 1 atom stereocenters. The Bertz CT molecular complexity index is 263. The Balaban J connectivity index is 3.05. The van der Waals surface area contributed by atoms with Crippen molar-refractivity contribution in [3.05, 3.63) is 11.3 Å². The van der Waals surface area contributed by atoms with E-state index in [0.29, 0.717) is 18.4 Å². The molecule has 3 heteroatoms. The number of allylic oxidation sites excluding steroid dienone is 2. The summed E-state index contributed by atoms with van der Waals surface area (Å²) >= 11 is 0. The third kappa shape index (κ3) is 1.40. The predicted octanol–water partition coefficient (Wildman–Crippen LogP) is 1.39. The number of aliphatic hydroxyl groups is 1. The van der Waals surface area contributed by atoms with E-state index >= 15 is 0 Å². The van der Waals surface area contributed by atoms with Gasteiger partial charge in [-0.2, -0.15) is 0 Å². The minimum atomic E-state index is -0.420. The van der Waals surface area contributed by atoms with Gasteiger partial charge in [0.1, 0.15) is 11.5 Å². The summed E-state index contributed by atoms with van der Waals surface area (Å²) in [6.07, 6.45) is 0.669. The summed E-state index contributed by atoms with van der Waals surface area (Å²) in [5, 5.41) is 9.33. The third-order valence-corrected chi connectivity index (χ3v) is 2.21. The van der Waals surface area contributed by atoms with Crippen LogP contribution in [0.5, 0.6) is 0 Å². The summed E-state index contributed by atoms with van der Waals surface area (Å²) in [5.41, 5.74) is 0.297. The molecular weight excluding hydrogens is 156 g/mol. The molecule has 12 heavy (non-hydrogen) atoms. The van der Waals surface area contributed by atoms with E-state index in [-0.39, 0.29) is 17.3 Å². The average molecular weight is 168 g/mol. The van der Waals surface area contributed by atoms with Crippen molar-refractivity contribution in [3.8, 4) is 0 Å². The van der Waals surface area contributed by atoms with Crippen molar-refractivity contribution in [1.29, 1.82) is 0 Å². The van der Waals surface area contributed by atoms with Crippen LogP contribution in [0.25, 0.3) is 0 Å². The molecule has 1 unspecified atom stereocenters. The first-order valence-electron chi connectivity index (χ1n) is 3.99. The van der Waals surface area contributed by atoms with E-state index < -0.39 is 5.92 Å². The number of hydrogen-bond donors (Lipinski definition) is 1. The molecule has 0 spiro atoms. The molecule has 1 aliphatic carbocycles. The van der Waals surface area contributed by atoms with Crippen LogP contribution in [0.3, 0.4) is 0 Å². The fourth-order valence-corrected chi connectivity index (χ4v) is 1.51. The number of carbonyl (C=O) groups excluding carboxylic acids is 2. The van der Waals surface area contributed by atoms with E-state index in [0.717, 1.165) is 0 Å². The molecule has 0 aromatic carbocycles. The van der Waals surface area contributed by atoms with Crippen molar-refractivity contribution in [2.24, 2.45) is 5.92 Å². The predicted molar refractivity (Wildman–Crippen MR) is 43.7 cm³/mol. The van der Waals surface area contributed by atoms with Gasteiger partial charge >= 0.3 is 0 Å². The zero-order valence-corrected chi connectivity index (χ0v) is 7.26. The maximum atomic E-state index is 11.2. The van der Waals surface area contributed by atoms with Crippen LogP contribution in [0.15, 0.2) is 11.3 Å². The van der Waals surface area contributed by atoms with E-state index in [1.165, 1.54) is 6.92 Å². The molecule has 0 aromatic heterocycles. The van der Waals surface area contributed by atoms with Crippen LogP contribution in [0, 0.1) is 5.92 Å². The summed E-state index contributed by atoms with van der Waals surface area (Å²) in [5.74, 6) is -0.489. The van der Waals surface area contributed by atoms with Crippen LogP contribution in [0.4, 0.5) is 0 Å². The molecule has 0 amide bonds. The SMILES string of the molecule is CC(=O)C1=C(O)CCC(=O)C1C. The molecule has 0 heterocycles. The monoisotopic (exact) mass is 168 g/mol. The van der Waals surface area contributed by atoms with Gasteiger partial charge in [0, 0.05) is 24.3 Å². The number of aliphatic hydroxyl groups excluding tert-OH is 1. The Morgan fingerprint density at radius 3 is 2.50 bits per heavy atom. The number of hydrogen-bond acceptors (Lipinski definition) is 3. The first-order valence-corrected chi connectivity index (χ1v) is 3.99. The van der Waals surface area contributed by atoms with Crippen LogP contribution in [-0.4, -0.2) is 16.7 Å². The molecule has 1 N–H and O–H groups in total. The topological polar surface area (TPSA) is 54.4 Å². The maximum absolute atomic E-state index is 11.2. The minimum absolute atomic E-state index is 0.0398. The Labute approximate surface area is 71.1 Å². The Morgan fingerprint density at radius 1 is 1.50 bits per heavy atom. The summed E-state index contributed by atoms with van der Waals surface area (Å²) in [6.45, 7) is 3.04. The second-order valence-corrected chi connectivity index (χ2v) is 3.10. The van der Waals surface area contributed by atoms with Crippen LogP contribution in [0.2, 0.25) is 0 Å². The fourth-order valence-electron chi connectivity index (χ4n) is 1.51. The van der Waals surface area contributed by atoms with Crippen molar-refractivity contribution in [1.82, 2.24) is 0 Å². The summed E-state index contributed by atoms with van der Waals surface area (Å²) in [4.78, 5) is 22.2. The zero-order chi connectivity index (χ0) is 9.30. The second kappa shape index (κ2) is 3.09. The van der Waals surface area contributed by atoms with Gasteiger partial charge in [-0.25, -0.2) is 0 Å². The molecule has 0 radical (unpaired) electrons. The van der Waals surface area contributed by atoms with Gasteiger partial charge in [-0.3, -0.25) is 9.59 Å². The first kappa shape index (κ1) is 8.97. The van der Waals surface area contributed by atoms with Crippen molar-refractivity contribution >= 4 is 11.6 Å². The molecule has 66 valence electrons. The van der Waals surface area contributed by atoms with Gasteiger partial charge in [0.25, 0.3) is 0 Å². The zero-order valence-electron chi connectivity index (χ0n) is 7.26. The smallest absolute Gasteiger partial charge is 0.159 e. The van der Waals surface area contributed by atoms with Crippen molar-refractivity contribution < 1.29 is 14.7 Å². The van der Waals surface area contributed by atoms with Crippen LogP contribution < -0.4 is 0 Å². The van der Waals surface area contributed by atoms with E-state index in [2.05, 4.69) is 0 Å². The molecule has 0 saturated carbocycles. The standard InChI is InChI=1S/C9H12O3/c1-5-7(11)3-4-8(12)9(5)6(2)10/h5,12H,3-4H2,1-2H3. The normalized spacial score (nSPS) is 24.5. The van der Waals surface area contributed by atoms with E-state index in [1.807, 2.05) is 0 Å². The molecular formula is C9H12O3. The van der Waals surface area contributed by atoms with E-state index in [1.54, 1.807) is 6.92 Å². The molecule has 1 rings (SSSR count). The number of Topliss-reactive ketones (excluding diaryl/α,β-unsaturated/α-hetero) is 2. The first-order chi connectivity index (χ1) is 5.54. The van der Waals surface area contributed by atoms with E-state index in [9.17, 15) is 14.7 Å². The molecule has 0 aromatic rings. The molecule has 3 nitrogen and oxygen atoms in total. The quantitative estimate of drug-likeness (QED) is 0.643. The maximum Gasteiger partial charge on any atom is 0.159 e. The lowest BCUT2D eigenvalue weighted by Gasteiger charge is -2.19. The van der Waals surface area contributed by atoms with Crippen LogP contribution >= 0.6 is 0 Å². The lowest BCUT2D eigenvalue weighted by Crippen LogP contribution is -2.23. The molecule has 0 saturated heterocycles. The highest BCUT2D eigenvalue weighted by atomic mass is 16.3. The minimum Gasteiger partial charge on any atom is -0.512 e. The highest BCUT2D eigenvalue weighted by molar-refractivity contribution is 6.02. The summed E-state index contributed by atoms with van der Waals surface area (Å²) < 4.78 is 0. The van der Waals surface area contributed by atoms with Gasteiger partial charge in [-0.15, -0.1) is 0 Å². The highest BCUT2D eigenvalue weighted by Crippen LogP contribution is 2.26. The fraction of sp³-hybridized carbons (Fsp3) is 0.556. The molecule has 0 fully saturated rings. The van der Waals surface area contributed by atoms with Gasteiger partial charge in [-0.05, 0) is 6.92 Å². The lowest BCUT2D eigenvalue weighted by molar-refractivity contribution is -0.124. The number of ketones is 2. The Hall–Kier alpha value is -1.12. The third-order valence-electron chi connectivity index (χ3n) is 2.21. The van der Waals surface area contributed by atoms with Gasteiger partial charge in [0.2, 0.25) is 0 Å². The Kier molecular flexibility index (Phi) is 2.31. The lowest BCUT2D eigenvalue weighted by atomic mass is 9.85. The van der Waals surface area contributed by atoms with Gasteiger partial charge in [0.05, 0.1) is 0 Å². The van der Waals surface area contributed by atoms with E-state index in [4.69, 9.17) is 0 Å². The molecule has 1 aliphatic rings. The van der Waals surface area contributed by atoms with Gasteiger partial charge in [0.15, 0.2) is 5.78 Å². The summed E-state index contributed by atoms with van der Waals surface area (Å²) in [7, 11) is 0. The number of carbonyl (C=O) groups is 2. The molecule has 0 bridgehead atoms. The van der Waals surface area contributed by atoms with Crippen LogP contribution in [-0.2, 0) is 9.59 Å². The highest BCUT2D eigenvalue weighted by Gasteiger charge is 2.28. The van der Waals surface area contributed by atoms with Crippen LogP contribution in [0.1, 0.15) is 26.7 Å². The second-order valence-electron chi connectivity index (χ2n) is 3.10. The average Bonchev–Trinajstić information content (AvgIpc) is 1.97. The number of rotatable bonds is 1. The van der Waals surface area contributed by atoms with Gasteiger partial charge in [-0.1, -0.05) is 6.92 Å². The van der Waals surface area contributed by atoms with Crippen molar-refractivity contribution in [2.45, 2.75) is 26.7 Å². The molecule has 0 aliphatic heterocycles. The van der Waals surface area contributed by atoms with Gasteiger partial charge < -0.3 is 5.11 Å². The largest absolute Gasteiger partial charge is 0.512 e. The summed E-state index contributed by atoms with van der Waals surface area (Å²) in [6, 6.07) is 0. The van der Waals surface area contributed by atoms with Crippen molar-refractivity contribution in [2.75, 3.05) is 0 Å².